The Morgan fingerprint density at radius 3 is 2.47 bits per heavy atom. The summed E-state index contributed by atoms with van der Waals surface area (Å²) in [6.45, 7) is 2.22. The third-order valence-corrected chi connectivity index (χ3v) is 2.82. The van der Waals surface area contributed by atoms with Crippen LogP contribution in [0.25, 0.3) is 0 Å². The Morgan fingerprint density at radius 1 is 1.21 bits per heavy atom. The number of hydrogen-bond acceptors (Lipinski definition) is 2. The summed E-state index contributed by atoms with van der Waals surface area (Å²) in [6, 6.07) is 11.6. The van der Waals surface area contributed by atoms with Crippen LogP contribution >= 0.6 is 0 Å². The molecular weight excluding hydrogens is 243 g/mol. The van der Waals surface area contributed by atoms with Gasteiger partial charge >= 0.3 is 0 Å². The molecule has 0 saturated heterocycles. The predicted molar refractivity (Wildman–Crippen MR) is 73.4 cm³/mol. The lowest BCUT2D eigenvalue weighted by Gasteiger charge is -2.07. The number of amides is 1. The number of carbonyl (C=O) groups excluding carboxylic acids is 1. The first-order valence-corrected chi connectivity index (χ1v) is 5.96. The van der Waals surface area contributed by atoms with Crippen molar-refractivity contribution in [2.45, 2.75) is 13.5 Å². The molecular formula is C15H15FN2O. The highest BCUT2D eigenvalue weighted by Gasteiger charge is 2.09. The van der Waals surface area contributed by atoms with Crippen LogP contribution in [-0.4, -0.2) is 5.91 Å². The Morgan fingerprint density at radius 2 is 1.89 bits per heavy atom. The number of rotatable bonds is 3. The van der Waals surface area contributed by atoms with E-state index in [0.29, 0.717) is 12.1 Å². The van der Waals surface area contributed by atoms with E-state index in [0.717, 1.165) is 11.1 Å². The third-order valence-electron chi connectivity index (χ3n) is 2.82. The van der Waals surface area contributed by atoms with Gasteiger partial charge in [-0.25, -0.2) is 4.39 Å². The van der Waals surface area contributed by atoms with E-state index in [9.17, 15) is 9.18 Å². The van der Waals surface area contributed by atoms with Crippen LogP contribution in [0.4, 0.5) is 10.1 Å². The van der Waals surface area contributed by atoms with E-state index < -0.39 is 5.82 Å². The molecule has 0 radical (unpaired) electrons. The molecule has 2 rings (SSSR count). The molecule has 0 bridgehead atoms. The highest BCUT2D eigenvalue weighted by atomic mass is 19.1. The number of hydrogen-bond donors (Lipinski definition) is 2. The van der Waals surface area contributed by atoms with Crippen LogP contribution in [0.3, 0.4) is 0 Å². The zero-order chi connectivity index (χ0) is 13.8. The molecule has 3 nitrogen and oxygen atoms in total. The first-order valence-electron chi connectivity index (χ1n) is 5.96. The van der Waals surface area contributed by atoms with Gasteiger partial charge in [0.1, 0.15) is 5.82 Å². The minimum absolute atomic E-state index is 0.179. The monoisotopic (exact) mass is 258 g/mol. The van der Waals surface area contributed by atoms with E-state index in [-0.39, 0.29) is 11.6 Å². The highest BCUT2D eigenvalue weighted by molar-refractivity contribution is 6.04. The van der Waals surface area contributed by atoms with Gasteiger partial charge in [0.2, 0.25) is 0 Å². The maximum atomic E-state index is 13.6. The molecule has 0 aliphatic carbocycles. The topological polar surface area (TPSA) is 55.1 Å². The Kier molecular flexibility index (Phi) is 3.92. The van der Waals surface area contributed by atoms with Crippen molar-refractivity contribution in [3.63, 3.8) is 0 Å². The lowest BCUT2D eigenvalue weighted by atomic mass is 10.1. The van der Waals surface area contributed by atoms with Crippen molar-refractivity contribution in [1.29, 1.82) is 0 Å². The Labute approximate surface area is 111 Å². The molecule has 2 aromatic rings. The standard InChI is InChI=1S/C15H15FN2O/c1-10-2-7-14(13(16)8-10)18-15(19)12-5-3-11(9-17)4-6-12/h2-8H,9,17H2,1H3,(H,18,19). The van der Waals surface area contributed by atoms with Crippen molar-refractivity contribution in [3.05, 3.63) is 65.0 Å². The zero-order valence-corrected chi connectivity index (χ0v) is 10.6. The van der Waals surface area contributed by atoms with Crippen molar-refractivity contribution in [1.82, 2.24) is 0 Å². The first-order chi connectivity index (χ1) is 9.10. The van der Waals surface area contributed by atoms with E-state index in [2.05, 4.69) is 5.32 Å². The number of anilines is 1. The SMILES string of the molecule is Cc1ccc(NC(=O)c2ccc(CN)cc2)c(F)c1. The second-order valence-corrected chi connectivity index (χ2v) is 4.34. The summed E-state index contributed by atoms with van der Waals surface area (Å²) in [5, 5.41) is 2.55. The quantitative estimate of drug-likeness (QED) is 0.889. The Hall–Kier alpha value is -2.20. The molecule has 0 aromatic heterocycles. The summed E-state index contributed by atoms with van der Waals surface area (Å²) in [6.07, 6.45) is 0. The molecule has 0 atom stereocenters. The molecule has 0 aliphatic rings. The van der Waals surface area contributed by atoms with E-state index >= 15 is 0 Å². The number of aryl methyl sites for hydroxylation is 1. The normalized spacial score (nSPS) is 10.3. The van der Waals surface area contributed by atoms with Gasteiger partial charge in [0, 0.05) is 12.1 Å². The fraction of sp³-hybridized carbons (Fsp3) is 0.133. The molecule has 4 heteroatoms. The molecule has 0 fully saturated rings. The number of halogens is 1. The van der Waals surface area contributed by atoms with Crippen LogP contribution in [-0.2, 0) is 6.54 Å². The van der Waals surface area contributed by atoms with Gasteiger partial charge in [0.15, 0.2) is 0 Å². The van der Waals surface area contributed by atoms with Crippen LogP contribution in [0.1, 0.15) is 21.5 Å². The average Bonchev–Trinajstić information content (AvgIpc) is 2.42. The summed E-state index contributed by atoms with van der Waals surface area (Å²) < 4.78 is 13.6. The second-order valence-electron chi connectivity index (χ2n) is 4.34. The van der Waals surface area contributed by atoms with Crippen molar-refractivity contribution in [2.75, 3.05) is 5.32 Å². The fourth-order valence-electron chi connectivity index (χ4n) is 1.71. The lowest BCUT2D eigenvalue weighted by molar-refractivity contribution is 0.102. The van der Waals surface area contributed by atoms with E-state index in [1.807, 2.05) is 0 Å². The maximum Gasteiger partial charge on any atom is 0.255 e. The van der Waals surface area contributed by atoms with Crippen LogP contribution in [0.15, 0.2) is 42.5 Å². The molecule has 0 spiro atoms. The molecule has 2 aromatic carbocycles. The van der Waals surface area contributed by atoms with Gasteiger partial charge in [-0.15, -0.1) is 0 Å². The molecule has 0 saturated carbocycles. The summed E-state index contributed by atoms with van der Waals surface area (Å²) >= 11 is 0. The number of carbonyl (C=O) groups is 1. The van der Waals surface area contributed by atoms with Gasteiger partial charge in [0.25, 0.3) is 5.91 Å². The van der Waals surface area contributed by atoms with Gasteiger partial charge in [0.05, 0.1) is 5.69 Å². The van der Waals surface area contributed by atoms with Crippen molar-refractivity contribution >= 4 is 11.6 Å². The Balaban J connectivity index is 2.15. The molecule has 0 heterocycles. The van der Waals surface area contributed by atoms with Crippen LogP contribution < -0.4 is 11.1 Å². The van der Waals surface area contributed by atoms with Crippen LogP contribution in [0.5, 0.6) is 0 Å². The van der Waals surface area contributed by atoms with Gasteiger partial charge in [-0.05, 0) is 42.3 Å². The Bertz CT molecular complexity index is 594. The lowest BCUT2D eigenvalue weighted by Crippen LogP contribution is -2.13. The summed E-state index contributed by atoms with van der Waals surface area (Å²) in [5.74, 6) is -0.779. The first kappa shape index (κ1) is 13.2. The van der Waals surface area contributed by atoms with Gasteiger partial charge in [-0.2, -0.15) is 0 Å². The zero-order valence-electron chi connectivity index (χ0n) is 10.6. The molecule has 0 unspecified atom stereocenters. The number of nitrogens with one attached hydrogen (secondary N) is 1. The summed E-state index contributed by atoms with van der Waals surface area (Å²) in [5.41, 5.74) is 7.88. The predicted octanol–water partition coefficient (Wildman–Crippen LogP) is 2.85. The summed E-state index contributed by atoms with van der Waals surface area (Å²) in [7, 11) is 0. The van der Waals surface area contributed by atoms with Crippen molar-refractivity contribution < 1.29 is 9.18 Å². The second kappa shape index (κ2) is 5.63. The molecule has 1 amide bonds. The van der Waals surface area contributed by atoms with Gasteiger partial charge in [-0.3, -0.25) is 4.79 Å². The van der Waals surface area contributed by atoms with Gasteiger partial charge < -0.3 is 11.1 Å². The minimum atomic E-state index is -0.438. The summed E-state index contributed by atoms with van der Waals surface area (Å²) in [4.78, 5) is 11.9. The fourth-order valence-corrected chi connectivity index (χ4v) is 1.71. The van der Waals surface area contributed by atoms with E-state index in [1.165, 1.54) is 6.07 Å². The maximum absolute atomic E-state index is 13.6. The minimum Gasteiger partial charge on any atom is -0.326 e. The van der Waals surface area contributed by atoms with Crippen LogP contribution in [0.2, 0.25) is 0 Å². The number of nitrogens with two attached hydrogens (primary N) is 1. The smallest absolute Gasteiger partial charge is 0.255 e. The van der Waals surface area contributed by atoms with E-state index in [4.69, 9.17) is 5.73 Å². The van der Waals surface area contributed by atoms with E-state index in [1.54, 1.807) is 43.3 Å². The number of benzene rings is 2. The highest BCUT2D eigenvalue weighted by Crippen LogP contribution is 2.16. The molecule has 19 heavy (non-hydrogen) atoms. The molecule has 3 N–H and O–H groups in total. The van der Waals surface area contributed by atoms with Crippen molar-refractivity contribution in [3.8, 4) is 0 Å². The largest absolute Gasteiger partial charge is 0.326 e. The van der Waals surface area contributed by atoms with Gasteiger partial charge in [-0.1, -0.05) is 18.2 Å². The molecule has 98 valence electrons. The average molecular weight is 258 g/mol. The van der Waals surface area contributed by atoms with Crippen LogP contribution in [0, 0.1) is 12.7 Å². The molecule has 0 aliphatic heterocycles. The third kappa shape index (κ3) is 3.17. The van der Waals surface area contributed by atoms with Crippen molar-refractivity contribution in [2.24, 2.45) is 5.73 Å².